The Labute approximate surface area is 102 Å². The Bertz CT molecular complexity index is 259. The van der Waals surface area contributed by atoms with Gasteiger partial charge in [0.2, 0.25) is 5.91 Å². The molecule has 92 valence electrons. The quantitative estimate of drug-likeness (QED) is 0.696. The molecule has 1 aliphatic carbocycles. The minimum absolute atomic E-state index is 0.0241. The van der Waals surface area contributed by atoms with Gasteiger partial charge in [-0.05, 0) is 18.8 Å². The smallest absolute Gasteiger partial charge is 0.226 e. The van der Waals surface area contributed by atoms with Gasteiger partial charge in [-0.1, -0.05) is 13.3 Å². The van der Waals surface area contributed by atoms with Gasteiger partial charge in [0.25, 0.3) is 0 Å². The number of morpholine rings is 1. The molecule has 1 saturated carbocycles. The van der Waals surface area contributed by atoms with E-state index in [1.54, 1.807) is 0 Å². The zero-order valence-electron chi connectivity index (χ0n) is 9.82. The maximum atomic E-state index is 12.3. The van der Waals surface area contributed by atoms with E-state index in [9.17, 15) is 4.79 Å². The van der Waals surface area contributed by atoms with Gasteiger partial charge in [0.05, 0.1) is 18.6 Å². The van der Waals surface area contributed by atoms with Crippen LogP contribution in [0.2, 0.25) is 0 Å². The number of nitrogens with zero attached hydrogens (tertiary/aromatic N) is 1. The number of hydrogen-bond acceptors (Lipinski definition) is 2. The first-order valence-corrected chi connectivity index (χ1v) is 6.72. The summed E-state index contributed by atoms with van der Waals surface area (Å²) in [5.74, 6) is 1.59. The van der Waals surface area contributed by atoms with E-state index in [1.165, 1.54) is 12.8 Å². The maximum absolute atomic E-state index is 12.3. The summed E-state index contributed by atoms with van der Waals surface area (Å²) in [7, 11) is 0. The third kappa shape index (κ3) is 2.51. The molecule has 0 aromatic rings. The van der Waals surface area contributed by atoms with Crippen molar-refractivity contribution in [1.82, 2.24) is 4.90 Å². The normalized spacial score (nSPS) is 35.4. The lowest BCUT2D eigenvalue weighted by atomic mass is 9.96. The summed E-state index contributed by atoms with van der Waals surface area (Å²) in [6.45, 7) is 4.22. The summed E-state index contributed by atoms with van der Waals surface area (Å²) >= 11 is 5.78. The second-order valence-electron chi connectivity index (χ2n) is 4.95. The molecule has 1 saturated heterocycles. The van der Waals surface area contributed by atoms with Gasteiger partial charge in [0.15, 0.2) is 0 Å². The molecule has 0 spiro atoms. The number of halogens is 1. The van der Waals surface area contributed by atoms with Crippen LogP contribution in [0.15, 0.2) is 0 Å². The molecule has 4 heteroatoms. The summed E-state index contributed by atoms with van der Waals surface area (Å²) in [6, 6.07) is 0. The topological polar surface area (TPSA) is 29.5 Å². The van der Waals surface area contributed by atoms with E-state index >= 15 is 0 Å². The van der Waals surface area contributed by atoms with Crippen molar-refractivity contribution in [3.63, 3.8) is 0 Å². The number of rotatable bonds is 2. The predicted molar refractivity (Wildman–Crippen MR) is 63.5 cm³/mol. The van der Waals surface area contributed by atoms with E-state index in [-0.39, 0.29) is 12.0 Å². The first-order chi connectivity index (χ1) is 7.72. The zero-order chi connectivity index (χ0) is 11.5. The summed E-state index contributed by atoms with van der Waals surface area (Å²) < 4.78 is 5.47. The SMILES string of the molecule is CC1CCCC1C(=O)N1CCOC(CCl)C1. The summed E-state index contributed by atoms with van der Waals surface area (Å²) in [6.07, 6.45) is 3.47. The van der Waals surface area contributed by atoms with Gasteiger partial charge in [-0.25, -0.2) is 0 Å². The summed E-state index contributed by atoms with van der Waals surface area (Å²) in [5, 5.41) is 0. The Balaban J connectivity index is 1.93. The molecule has 2 aliphatic rings. The predicted octanol–water partition coefficient (Wildman–Crippen LogP) is 1.89. The van der Waals surface area contributed by atoms with Crippen LogP contribution < -0.4 is 0 Å². The van der Waals surface area contributed by atoms with Crippen molar-refractivity contribution in [3.8, 4) is 0 Å². The summed E-state index contributed by atoms with van der Waals surface area (Å²) in [4.78, 5) is 14.2. The molecule has 3 nitrogen and oxygen atoms in total. The van der Waals surface area contributed by atoms with Gasteiger partial charge in [0, 0.05) is 19.0 Å². The molecule has 1 amide bonds. The lowest BCUT2D eigenvalue weighted by Crippen LogP contribution is -2.48. The third-order valence-electron chi connectivity index (χ3n) is 3.80. The van der Waals surface area contributed by atoms with Crippen LogP contribution in [0.1, 0.15) is 26.2 Å². The minimum atomic E-state index is 0.0241. The van der Waals surface area contributed by atoms with E-state index in [0.29, 0.717) is 30.9 Å². The minimum Gasteiger partial charge on any atom is -0.373 e. The first kappa shape index (κ1) is 12.2. The molecule has 0 N–H and O–H groups in total. The highest BCUT2D eigenvalue weighted by Gasteiger charge is 2.34. The third-order valence-corrected chi connectivity index (χ3v) is 4.15. The van der Waals surface area contributed by atoms with Crippen molar-refractivity contribution in [3.05, 3.63) is 0 Å². The fourth-order valence-corrected chi connectivity index (χ4v) is 2.95. The van der Waals surface area contributed by atoms with Crippen molar-refractivity contribution >= 4 is 17.5 Å². The molecule has 0 aromatic carbocycles. The second-order valence-corrected chi connectivity index (χ2v) is 5.25. The highest BCUT2D eigenvalue weighted by atomic mass is 35.5. The van der Waals surface area contributed by atoms with E-state index in [0.717, 1.165) is 13.0 Å². The second kappa shape index (κ2) is 5.37. The first-order valence-electron chi connectivity index (χ1n) is 6.18. The van der Waals surface area contributed by atoms with E-state index in [4.69, 9.17) is 16.3 Å². The van der Waals surface area contributed by atoms with Gasteiger partial charge >= 0.3 is 0 Å². The number of carbonyl (C=O) groups is 1. The van der Waals surface area contributed by atoms with Crippen molar-refractivity contribution in [1.29, 1.82) is 0 Å². The van der Waals surface area contributed by atoms with E-state index in [1.807, 2.05) is 4.90 Å². The van der Waals surface area contributed by atoms with Crippen LogP contribution >= 0.6 is 11.6 Å². The van der Waals surface area contributed by atoms with Crippen LogP contribution in [0.5, 0.6) is 0 Å². The molecular weight excluding hydrogens is 226 g/mol. The van der Waals surface area contributed by atoms with E-state index < -0.39 is 0 Å². The van der Waals surface area contributed by atoms with Gasteiger partial charge in [0.1, 0.15) is 0 Å². The standard InChI is InChI=1S/C12H20ClNO2/c1-9-3-2-4-11(9)12(15)14-5-6-16-10(7-13)8-14/h9-11H,2-8H2,1H3. The van der Waals surface area contributed by atoms with Crippen molar-refractivity contribution in [2.45, 2.75) is 32.3 Å². The van der Waals surface area contributed by atoms with Gasteiger partial charge in [-0.2, -0.15) is 0 Å². The molecule has 0 bridgehead atoms. The van der Waals surface area contributed by atoms with Crippen LogP contribution in [-0.2, 0) is 9.53 Å². The van der Waals surface area contributed by atoms with Crippen LogP contribution in [0.4, 0.5) is 0 Å². The number of carbonyl (C=O) groups excluding carboxylic acids is 1. The molecule has 0 aromatic heterocycles. The molecule has 0 radical (unpaired) electrons. The highest BCUT2D eigenvalue weighted by Crippen LogP contribution is 2.32. The summed E-state index contributed by atoms with van der Waals surface area (Å²) in [5.41, 5.74) is 0. The number of alkyl halides is 1. The van der Waals surface area contributed by atoms with Crippen LogP contribution in [0, 0.1) is 11.8 Å². The Morgan fingerprint density at radius 2 is 2.31 bits per heavy atom. The number of amides is 1. The van der Waals surface area contributed by atoms with E-state index in [2.05, 4.69) is 6.92 Å². The number of hydrogen-bond donors (Lipinski definition) is 0. The van der Waals surface area contributed by atoms with Crippen molar-refractivity contribution in [2.24, 2.45) is 11.8 Å². The lowest BCUT2D eigenvalue weighted by molar-refractivity contribution is -0.143. The average molecular weight is 246 g/mol. The Morgan fingerprint density at radius 3 is 2.94 bits per heavy atom. The highest BCUT2D eigenvalue weighted by molar-refractivity contribution is 6.18. The molecule has 16 heavy (non-hydrogen) atoms. The molecule has 3 atom stereocenters. The molecule has 2 rings (SSSR count). The monoisotopic (exact) mass is 245 g/mol. The Hall–Kier alpha value is -0.280. The van der Waals surface area contributed by atoms with Crippen LogP contribution in [0.3, 0.4) is 0 Å². The lowest BCUT2D eigenvalue weighted by Gasteiger charge is -2.34. The maximum Gasteiger partial charge on any atom is 0.226 e. The molecule has 1 aliphatic heterocycles. The average Bonchev–Trinajstić information content (AvgIpc) is 2.74. The fraction of sp³-hybridized carbons (Fsp3) is 0.917. The molecule has 1 heterocycles. The van der Waals surface area contributed by atoms with Gasteiger partial charge < -0.3 is 9.64 Å². The largest absolute Gasteiger partial charge is 0.373 e. The Kier molecular flexibility index (Phi) is 4.09. The van der Waals surface area contributed by atoms with Gasteiger partial charge in [-0.15, -0.1) is 11.6 Å². The van der Waals surface area contributed by atoms with Gasteiger partial charge in [-0.3, -0.25) is 4.79 Å². The number of ether oxygens (including phenoxy) is 1. The van der Waals surface area contributed by atoms with Crippen LogP contribution in [-0.4, -0.2) is 42.5 Å². The molecular formula is C12H20ClNO2. The fourth-order valence-electron chi connectivity index (χ4n) is 2.76. The zero-order valence-corrected chi connectivity index (χ0v) is 10.6. The van der Waals surface area contributed by atoms with Crippen LogP contribution in [0.25, 0.3) is 0 Å². The van der Waals surface area contributed by atoms with Crippen molar-refractivity contribution < 1.29 is 9.53 Å². The molecule has 2 fully saturated rings. The van der Waals surface area contributed by atoms with Crippen molar-refractivity contribution in [2.75, 3.05) is 25.6 Å². The Morgan fingerprint density at radius 1 is 1.50 bits per heavy atom. The molecule has 3 unspecified atom stereocenters.